The van der Waals surface area contributed by atoms with Crippen LogP contribution in [0.25, 0.3) is 0 Å². The Morgan fingerprint density at radius 2 is 1.92 bits per heavy atom. The van der Waals surface area contributed by atoms with Crippen LogP contribution in [0.2, 0.25) is 5.02 Å². The zero-order valence-electron chi connectivity index (χ0n) is 13.6. The lowest BCUT2D eigenvalue weighted by molar-refractivity contribution is -0.122. The minimum atomic E-state index is -0.715. The largest absolute Gasteiger partial charge is 0.481 e. The van der Waals surface area contributed by atoms with Gasteiger partial charge in [0.25, 0.3) is 5.91 Å². The van der Waals surface area contributed by atoms with E-state index in [-0.39, 0.29) is 5.91 Å². The molecule has 0 radical (unpaired) electrons. The first-order valence-corrected chi connectivity index (χ1v) is 7.70. The van der Waals surface area contributed by atoms with Crippen molar-refractivity contribution < 1.29 is 19.1 Å². The van der Waals surface area contributed by atoms with Crippen molar-refractivity contribution in [1.29, 1.82) is 0 Å². The Balaban J connectivity index is 2.03. The van der Waals surface area contributed by atoms with Crippen molar-refractivity contribution in [2.45, 2.75) is 20.0 Å². The van der Waals surface area contributed by atoms with Crippen LogP contribution in [0.1, 0.15) is 22.8 Å². The summed E-state index contributed by atoms with van der Waals surface area (Å²) >= 11 is 5.97. The maximum atomic E-state index is 12.2. The number of hydrogen-bond acceptors (Lipinski definition) is 4. The van der Waals surface area contributed by atoms with Crippen molar-refractivity contribution in [1.82, 2.24) is 0 Å². The van der Waals surface area contributed by atoms with Gasteiger partial charge in [-0.05, 0) is 55.8 Å². The molecule has 1 atom stereocenters. The average molecular weight is 348 g/mol. The Kier molecular flexibility index (Phi) is 5.82. The zero-order valence-corrected chi connectivity index (χ0v) is 14.4. The van der Waals surface area contributed by atoms with Crippen LogP contribution in [0.5, 0.6) is 5.75 Å². The predicted octanol–water partition coefficient (Wildman–Crippen LogP) is 3.84. The van der Waals surface area contributed by atoms with Gasteiger partial charge in [0.05, 0.1) is 12.7 Å². The summed E-state index contributed by atoms with van der Waals surface area (Å²) < 4.78 is 10.3. The molecule has 24 heavy (non-hydrogen) atoms. The van der Waals surface area contributed by atoms with E-state index in [0.717, 1.165) is 5.56 Å². The second-order valence-electron chi connectivity index (χ2n) is 5.23. The summed E-state index contributed by atoms with van der Waals surface area (Å²) in [5, 5.41) is 3.35. The summed E-state index contributed by atoms with van der Waals surface area (Å²) in [6.07, 6.45) is -0.715. The molecule has 126 valence electrons. The molecule has 0 heterocycles. The number of rotatable bonds is 5. The van der Waals surface area contributed by atoms with Gasteiger partial charge in [0.15, 0.2) is 6.10 Å². The maximum absolute atomic E-state index is 12.2. The Morgan fingerprint density at radius 3 is 2.58 bits per heavy atom. The number of nitrogens with one attached hydrogen (secondary N) is 1. The van der Waals surface area contributed by atoms with Crippen LogP contribution in [-0.2, 0) is 9.53 Å². The highest BCUT2D eigenvalue weighted by Crippen LogP contribution is 2.22. The van der Waals surface area contributed by atoms with Crippen molar-refractivity contribution >= 4 is 29.2 Å². The molecule has 0 spiro atoms. The molecule has 1 amide bonds. The average Bonchev–Trinajstić information content (AvgIpc) is 2.57. The Morgan fingerprint density at radius 1 is 1.17 bits per heavy atom. The van der Waals surface area contributed by atoms with E-state index in [9.17, 15) is 9.59 Å². The Bertz CT molecular complexity index is 760. The smallest absolute Gasteiger partial charge is 0.337 e. The molecule has 0 fully saturated rings. The topological polar surface area (TPSA) is 64.6 Å². The summed E-state index contributed by atoms with van der Waals surface area (Å²) in [6, 6.07) is 11.7. The zero-order chi connectivity index (χ0) is 17.7. The lowest BCUT2D eigenvalue weighted by Crippen LogP contribution is -2.30. The quantitative estimate of drug-likeness (QED) is 0.834. The summed E-state index contributed by atoms with van der Waals surface area (Å²) in [6.45, 7) is 3.50. The van der Waals surface area contributed by atoms with Gasteiger partial charge in [-0.2, -0.15) is 0 Å². The number of anilines is 1. The van der Waals surface area contributed by atoms with E-state index in [1.165, 1.54) is 7.11 Å². The highest BCUT2D eigenvalue weighted by Gasteiger charge is 2.16. The van der Waals surface area contributed by atoms with E-state index >= 15 is 0 Å². The number of esters is 1. The first kappa shape index (κ1) is 17.8. The van der Waals surface area contributed by atoms with Crippen LogP contribution >= 0.6 is 11.6 Å². The van der Waals surface area contributed by atoms with Gasteiger partial charge >= 0.3 is 5.97 Å². The minimum absolute atomic E-state index is 0.329. The van der Waals surface area contributed by atoms with Crippen LogP contribution in [0.4, 0.5) is 5.69 Å². The molecule has 2 rings (SSSR count). The molecular weight excluding hydrogens is 330 g/mol. The third-order valence-corrected chi connectivity index (χ3v) is 3.79. The van der Waals surface area contributed by atoms with Crippen molar-refractivity contribution in [3.63, 3.8) is 0 Å². The normalized spacial score (nSPS) is 11.5. The third-order valence-electron chi connectivity index (χ3n) is 3.36. The molecule has 0 aliphatic carbocycles. The molecule has 0 saturated carbocycles. The number of hydrogen-bond donors (Lipinski definition) is 1. The summed E-state index contributed by atoms with van der Waals surface area (Å²) in [5.41, 5.74) is 1.72. The van der Waals surface area contributed by atoms with E-state index in [1.54, 1.807) is 49.4 Å². The van der Waals surface area contributed by atoms with Gasteiger partial charge in [-0.25, -0.2) is 4.79 Å². The summed E-state index contributed by atoms with van der Waals surface area (Å²) in [7, 11) is 1.30. The molecule has 0 saturated heterocycles. The molecule has 2 aromatic carbocycles. The van der Waals surface area contributed by atoms with Gasteiger partial charge in [0, 0.05) is 10.7 Å². The van der Waals surface area contributed by atoms with Crippen LogP contribution < -0.4 is 10.1 Å². The highest BCUT2D eigenvalue weighted by molar-refractivity contribution is 6.31. The standard InChI is InChI=1S/C18H18ClNO4/c1-11-9-15(7-8-16(11)19)24-12(2)17(21)20-14-6-4-5-13(10-14)18(22)23-3/h4-10,12H,1-3H3,(H,20,21). The SMILES string of the molecule is COC(=O)c1cccc(NC(=O)C(C)Oc2ccc(Cl)c(C)c2)c1. The fourth-order valence-corrected chi connectivity index (χ4v) is 2.15. The van der Waals surface area contributed by atoms with Gasteiger partial charge in [-0.1, -0.05) is 17.7 Å². The molecule has 0 aliphatic rings. The van der Waals surface area contributed by atoms with Gasteiger partial charge in [0.2, 0.25) is 0 Å². The molecule has 1 unspecified atom stereocenters. The van der Waals surface area contributed by atoms with Crippen LogP contribution in [0.15, 0.2) is 42.5 Å². The van der Waals surface area contributed by atoms with E-state index < -0.39 is 12.1 Å². The van der Waals surface area contributed by atoms with E-state index in [1.807, 2.05) is 6.92 Å². The van der Waals surface area contributed by atoms with Crippen LogP contribution in [0, 0.1) is 6.92 Å². The molecule has 2 aromatic rings. The second kappa shape index (κ2) is 7.84. The molecular formula is C18H18ClNO4. The molecule has 0 bridgehead atoms. The number of benzene rings is 2. The third kappa shape index (κ3) is 4.49. The lowest BCUT2D eigenvalue weighted by atomic mass is 10.2. The fraction of sp³-hybridized carbons (Fsp3) is 0.222. The number of amides is 1. The van der Waals surface area contributed by atoms with E-state index in [0.29, 0.717) is 22.0 Å². The first-order valence-electron chi connectivity index (χ1n) is 7.32. The number of carbonyl (C=O) groups is 2. The lowest BCUT2D eigenvalue weighted by Gasteiger charge is -2.15. The predicted molar refractivity (Wildman–Crippen MR) is 92.7 cm³/mol. The number of carbonyl (C=O) groups excluding carboxylic acids is 2. The van der Waals surface area contributed by atoms with Gasteiger partial charge in [-0.3, -0.25) is 4.79 Å². The summed E-state index contributed by atoms with van der Waals surface area (Å²) in [5.74, 6) is -0.237. The van der Waals surface area contributed by atoms with Crippen molar-refractivity contribution in [2.24, 2.45) is 0 Å². The monoisotopic (exact) mass is 347 g/mol. The summed E-state index contributed by atoms with van der Waals surface area (Å²) in [4.78, 5) is 23.8. The van der Waals surface area contributed by atoms with Crippen molar-refractivity contribution in [2.75, 3.05) is 12.4 Å². The molecule has 0 aliphatic heterocycles. The number of methoxy groups -OCH3 is 1. The van der Waals surface area contributed by atoms with Gasteiger partial charge in [0.1, 0.15) is 5.75 Å². The number of ether oxygens (including phenoxy) is 2. The van der Waals surface area contributed by atoms with E-state index in [2.05, 4.69) is 10.1 Å². The van der Waals surface area contributed by atoms with Crippen molar-refractivity contribution in [3.05, 3.63) is 58.6 Å². The number of halogens is 1. The van der Waals surface area contributed by atoms with Gasteiger partial charge < -0.3 is 14.8 Å². The van der Waals surface area contributed by atoms with E-state index in [4.69, 9.17) is 16.3 Å². The van der Waals surface area contributed by atoms with Crippen molar-refractivity contribution in [3.8, 4) is 5.75 Å². The van der Waals surface area contributed by atoms with Crippen LogP contribution in [-0.4, -0.2) is 25.1 Å². The van der Waals surface area contributed by atoms with Crippen LogP contribution in [0.3, 0.4) is 0 Å². The number of aryl methyl sites for hydroxylation is 1. The minimum Gasteiger partial charge on any atom is -0.481 e. The Labute approximate surface area is 145 Å². The molecule has 5 nitrogen and oxygen atoms in total. The molecule has 6 heteroatoms. The van der Waals surface area contributed by atoms with Gasteiger partial charge in [-0.15, -0.1) is 0 Å². The second-order valence-corrected chi connectivity index (χ2v) is 5.64. The molecule has 0 aromatic heterocycles. The Hall–Kier alpha value is -2.53. The molecule has 1 N–H and O–H groups in total. The highest BCUT2D eigenvalue weighted by atomic mass is 35.5. The fourth-order valence-electron chi connectivity index (χ4n) is 2.03. The maximum Gasteiger partial charge on any atom is 0.337 e. The first-order chi connectivity index (χ1) is 11.4.